The Labute approximate surface area is 342 Å². The van der Waals surface area contributed by atoms with Crippen molar-refractivity contribution in [3.05, 3.63) is 170 Å². The Kier molecular flexibility index (Phi) is 6.97. The van der Waals surface area contributed by atoms with Crippen LogP contribution in [0.4, 0.5) is 34.1 Å². The molecule has 9 aromatic carbocycles. The van der Waals surface area contributed by atoms with Gasteiger partial charge in [0.15, 0.2) is 34.2 Å². The van der Waals surface area contributed by atoms with Gasteiger partial charge in [-0.25, -0.2) is 0 Å². The number of para-hydroxylation sites is 2. The zero-order chi connectivity index (χ0) is 39.3. The van der Waals surface area contributed by atoms with Gasteiger partial charge in [-0.15, -0.1) is 0 Å². The molecule has 0 saturated heterocycles. The summed E-state index contributed by atoms with van der Waals surface area (Å²) in [7, 11) is 0. The Morgan fingerprint density at radius 3 is 1.12 bits per heavy atom. The van der Waals surface area contributed by atoms with E-state index in [1.54, 1.807) is 0 Å². The highest BCUT2D eigenvalue weighted by Crippen LogP contribution is 2.47. The lowest BCUT2D eigenvalue weighted by Gasteiger charge is -2.26. The van der Waals surface area contributed by atoms with Gasteiger partial charge in [0, 0.05) is 67.2 Å². The van der Waals surface area contributed by atoms with Crippen molar-refractivity contribution in [1.82, 2.24) is 0 Å². The lowest BCUT2D eigenvalue weighted by atomic mass is 10.0. The average molecular weight is 781 g/mol. The summed E-state index contributed by atoms with van der Waals surface area (Å²) in [5.74, 6) is 2.98. The van der Waals surface area contributed by atoms with E-state index in [1.807, 2.05) is 36.4 Å². The van der Waals surface area contributed by atoms with Crippen LogP contribution in [0.1, 0.15) is 0 Å². The van der Waals surface area contributed by atoms with Gasteiger partial charge in [-0.1, -0.05) is 48.5 Å². The van der Waals surface area contributed by atoms with Crippen LogP contribution >= 0.6 is 0 Å². The van der Waals surface area contributed by atoms with Crippen LogP contribution in [0, 0.1) is 0 Å². The van der Waals surface area contributed by atoms with Crippen molar-refractivity contribution in [2.24, 2.45) is 0 Å². The molecule has 0 amide bonds. The summed E-state index contributed by atoms with van der Waals surface area (Å²) < 4.78 is 36.5. The standard InChI is InChI=1S/C52H32N2O6/c1-3-7-33(8-4-1)53(37-15-23-45-47(27-37)57-29-55-45)35-13-19-39-31(25-35)11-17-41-43-21-22-44-42-18-12-32-26-36(14-20-40(32)50(42)60-52(44)51(43)59-49(39)41)54(34-9-5-2-6-10-34)38-16-24-46-48(28-38)58-30-56-46/h1-28H,29-30H2. The summed E-state index contributed by atoms with van der Waals surface area (Å²) in [6, 6.07) is 58.8. The molecule has 0 saturated carbocycles. The average Bonchev–Trinajstić information content (AvgIpc) is 4.12. The van der Waals surface area contributed by atoms with Gasteiger partial charge in [0.05, 0.1) is 11.4 Å². The number of fused-ring (bicyclic) bond motifs is 13. The van der Waals surface area contributed by atoms with Crippen LogP contribution in [0.5, 0.6) is 23.0 Å². The van der Waals surface area contributed by atoms with Gasteiger partial charge in [0.1, 0.15) is 11.2 Å². The summed E-state index contributed by atoms with van der Waals surface area (Å²) >= 11 is 0. The molecule has 0 N–H and O–H groups in total. The van der Waals surface area contributed by atoms with Crippen LogP contribution in [-0.4, -0.2) is 13.6 Å². The zero-order valence-corrected chi connectivity index (χ0v) is 31.9. The number of nitrogens with zero attached hydrogens (tertiary/aromatic N) is 2. The molecule has 2 aliphatic rings. The molecule has 2 aliphatic heterocycles. The molecule has 0 fully saturated rings. The van der Waals surface area contributed by atoms with Crippen LogP contribution in [0.2, 0.25) is 0 Å². The lowest BCUT2D eigenvalue weighted by Crippen LogP contribution is -2.09. The molecule has 60 heavy (non-hydrogen) atoms. The van der Waals surface area contributed by atoms with Crippen LogP contribution < -0.4 is 28.7 Å². The number of rotatable bonds is 6. The molecule has 0 aliphatic carbocycles. The summed E-state index contributed by atoms with van der Waals surface area (Å²) in [5, 5.41) is 8.30. The molecule has 0 atom stereocenters. The molecular weight excluding hydrogens is 749 g/mol. The molecule has 11 aromatic rings. The van der Waals surface area contributed by atoms with Gasteiger partial charge in [0.25, 0.3) is 0 Å². The number of anilines is 6. The van der Waals surface area contributed by atoms with Crippen LogP contribution in [0.3, 0.4) is 0 Å². The van der Waals surface area contributed by atoms with Crippen molar-refractivity contribution in [2.45, 2.75) is 0 Å². The second-order valence-electron chi connectivity index (χ2n) is 15.1. The van der Waals surface area contributed by atoms with E-state index in [4.69, 9.17) is 27.8 Å². The van der Waals surface area contributed by atoms with E-state index in [9.17, 15) is 0 Å². The first kappa shape index (κ1) is 32.9. The van der Waals surface area contributed by atoms with Crippen molar-refractivity contribution in [2.75, 3.05) is 23.4 Å². The predicted octanol–water partition coefficient (Wildman–Crippen LogP) is 14.2. The van der Waals surface area contributed by atoms with E-state index >= 15 is 0 Å². The first-order valence-corrected chi connectivity index (χ1v) is 19.9. The SMILES string of the molecule is c1ccc(N(c2ccc3c(c2)OCO3)c2ccc3c(ccc4c5ccc6c7ccc8cc(N(c9ccccc9)c9ccc%10c(c9)OCO%10)ccc8c7oc6c5oc34)c2)cc1. The Bertz CT molecular complexity index is 3290. The summed E-state index contributed by atoms with van der Waals surface area (Å²) in [5.41, 5.74) is 9.19. The normalized spacial score (nSPS) is 13.1. The number of benzene rings is 9. The highest BCUT2D eigenvalue weighted by Gasteiger charge is 2.23. The Hall–Kier alpha value is -8.10. The molecule has 286 valence electrons. The molecular formula is C52H32N2O6. The maximum Gasteiger partial charge on any atom is 0.231 e. The Morgan fingerprint density at radius 1 is 0.283 bits per heavy atom. The maximum atomic E-state index is 6.86. The van der Waals surface area contributed by atoms with E-state index < -0.39 is 0 Å². The maximum absolute atomic E-state index is 6.86. The highest BCUT2D eigenvalue weighted by molar-refractivity contribution is 6.24. The van der Waals surface area contributed by atoms with E-state index in [1.165, 1.54) is 0 Å². The quantitative estimate of drug-likeness (QED) is 0.165. The topological polar surface area (TPSA) is 69.7 Å². The van der Waals surface area contributed by atoms with Gasteiger partial charge in [0.2, 0.25) is 13.6 Å². The van der Waals surface area contributed by atoms with Gasteiger partial charge in [-0.05, 0) is 120 Å². The fraction of sp³-hybridized carbons (Fsp3) is 0.0385. The van der Waals surface area contributed by atoms with Crippen molar-refractivity contribution >= 4 is 99.5 Å². The summed E-state index contributed by atoms with van der Waals surface area (Å²) in [4.78, 5) is 4.46. The lowest BCUT2D eigenvalue weighted by molar-refractivity contribution is 0.173. The summed E-state index contributed by atoms with van der Waals surface area (Å²) in [6.45, 7) is 0.451. The van der Waals surface area contributed by atoms with E-state index in [-0.39, 0.29) is 13.6 Å². The largest absolute Gasteiger partial charge is 0.454 e. The third-order valence-corrected chi connectivity index (χ3v) is 11.8. The van der Waals surface area contributed by atoms with Crippen LogP contribution in [-0.2, 0) is 0 Å². The fourth-order valence-corrected chi connectivity index (χ4v) is 8.99. The third-order valence-electron chi connectivity index (χ3n) is 11.8. The Balaban J connectivity index is 0.926. The smallest absolute Gasteiger partial charge is 0.231 e. The minimum absolute atomic E-state index is 0.226. The minimum atomic E-state index is 0.226. The zero-order valence-electron chi connectivity index (χ0n) is 31.9. The van der Waals surface area contributed by atoms with Crippen molar-refractivity contribution in [3.8, 4) is 23.0 Å². The molecule has 2 aromatic heterocycles. The van der Waals surface area contributed by atoms with E-state index in [0.717, 1.165) is 123 Å². The van der Waals surface area contributed by atoms with Gasteiger partial charge >= 0.3 is 0 Å². The summed E-state index contributed by atoms with van der Waals surface area (Å²) in [6.07, 6.45) is 0. The van der Waals surface area contributed by atoms with Crippen molar-refractivity contribution < 1.29 is 27.8 Å². The molecule has 8 heteroatoms. The first-order valence-electron chi connectivity index (χ1n) is 19.9. The highest BCUT2D eigenvalue weighted by atomic mass is 16.7. The van der Waals surface area contributed by atoms with Crippen LogP contribution in [0.25, 0.3) is 65.4 Å². The van der Waals surface area contributed by atoms with Crippen LogP contribution in [0.15, 0.2) is 179 Å². The second-order valence-corrected chi connectivity index (χ2v) is 15.1. The van der Waals surface area contributed by atoms with Crippen molar-refractivity contribution in [1.29, 1.82) is 0 Å². The number of hydrogen-bond donors (Lipinski definition) is 0. The molecule has 0 spiro atoms. The monoisotopic (exact) mass is 780 g/mol. The number of furan rings is 2. The van der Waals surface area contributed by atoms with Gasteiger partial charge in [-0.3, -0.25) is 0 Å². The Morgan fingerprint density at radius 2 is 0.650 bits per heavy atom. The van der Waals surface area contributed by atoms with Crippen molar-refractivity contribution in [3.63, 3.8) is 0 Å². The molecule has 13 rings (SSSR count). The molecule has 4 heterocycles. The van der Waals surface area contributed by atoms with Gasteiger partial charge in [-0.2, -0.15) is 0 Å². The molecule has 0 radical (unpaired) electrons. The molecule has 8 nitrogen and oxygen atoms in total. The minimum Gasteiger partial charge on any atom is -0.454 e. The molecule has 0 unspecified atom stereocenters. The number of ether oxygens (including phenoxy) is 4. The second kappa shape index (κ2) is 12.7. The van der Waals surface area contributed by atoms with E-state index in [0.29, 0.717) is 0 Å². The first-order chi connectivity index (χ1) is 29.7. The third kappa shape index (κ3) is 4.97. The van der Waals surface area contributed by atoms with E-state index in [2.05, 4.69) is 143 Å². The fourth-order valence-electron chi connectivity index (χ4n) is 8.99. The number of hydrogen-bond acceptors (Lipinski definition) is 8. The molecule has 0 bridgehead atoms. The predicted molar refractivity (Wildman–Crippen MR) is 238 cm³/mol. The van der Waals surface area contributed by atoms with Gasteiger partial charge < -0.3 is 37.6 Å².